The van der Waals surface area contributed by atoms with Crippen LogP contribution in [0.2, 0.25) is 5.02 Å². The number of hydrogen-bond acceptors (Lipinski definition) is 3. The number of halogens is 1. The van der Waals surface area contributed by atoms with E-state index < -0.39 is 5.79 Å². The monoisotopic (exact) mass is 298 g/mol. The Bertz CT molecular complexity index is 433. The van der Waals surface area contributed by atoms with Gasteiger partial charge in [-0.3, -0.25) is 0 Å². The van der Waals surface area contributed by atoms with Gasteiger partial charge in [-0.2, -0.15) is 0 Å². The molecule has 1 heterocycles. The van der Waals surface area contributed by atoms with Gasteiger partial charge in [0, 0.05) is 17.2 Å². The third-order valence-electron chi connectivity index (χ3n) is 3.32. The largest absolute Gasteiger partial charge is 0.379 e. The fourth-order valence-corrected chi connectivity index (χ4v) is 2.62. The summed E-state index contributed by atoms with van der Waals surface area (Å²) in [6.45, 7) is 7.27. The Morgan fingerprint density at radius 1 is 1.25 bits per heavy atom. The van der Waals surface area contributed by atoms with Crippen molar-refractivity contribution in [1.29, 1.82) is 0 Å². The Labute approximate surface area is 126 Å². The molecule has 0 unspecified atom stereocenters. The molecule has 2 atom stereocenters. The van der Waals surface area contributed by atoms with Crippen LogP contribution in [0.15, 0.2) is 24.3 Å². The first-order valence-electron chi connectivity index (χ1n) is 7.21. The minimum atomic E-state index is -0.609. The first-order valence-corrected chi connectivity index (χ1v) is 7.59. The Morgan fingerprint density at radius 2 is 2.00 bits per heavy atom. The Hall–Kier alpha value is -0.610. The highest BCUT2D eigenvalue weighted by atomic mass is 35.5. The van der Waals surface area contributed by atoms with Crippen LogP contribution in [0.25, 0.3) is 0 Å². The summed E-state index contributed by atoms with van der Waals surface area (Å²) >= 11 is 6.27. The first-order chi connectivity index (χ1) is 9.53. The van der Waals surface area contributed by atoms with Gasteiger partial charge in [0.25, 0.3) is 0 Å². The molecule has 0 spiro atoms. The van der Waals surface area contributed by atoms with Crippen LogP contribution in [0.3, 0.4) is 0 Å². The molecular weight excluding hydrogens is 276 g/mol. The summed E-state index contributed by atoms with van der Waals surface area (Å²) in [6, 6.07) is 7.74. The molecule has 0 bridgehead atoms. The third kappa shape index (κ3) is 3.95. The van der Waals surface area contributed by atoms with Crippen molar-refractivity contribution in [1.82, 2.24) is 0 Å². The summed E-state index contributed by atoms with van der Waals surface area (Å²) < 4.78 is 17.6. The zero-order chi connectivity index (χ0) is 14.6. The molecular formula is C16H23ClO3. The maximum atomic E-state index is 6.27. The standard InChI is InChI=1S/C16H23ClO3/c1-4-5-10-18-11-14-15(20-16(2,3)19-14)12-8-6-7-9-13(12)17/h6-9,14-15H,4-5,10-11H2,1-3H3/t14-,15+/m1/s1. The second kappa shape index (κ2) is 6.90. The van der Waals surface area contributed by atoms with E-state index in [1.165, 1.54) is 0 Å². The van der Waals surface area contributed by atoms with Gasteiger partial charge in [0.2, 0.25) is 0 Å². The van der Waals surface area contributed by atoms with E-state index in [9.17, 15) is 0 Å². The number of hydrogen-bond donors (Lipinski definition) is 0. The number of rotatable bonds is 6. The number of ether oxygens (including phenoxy) is 3. The second-order valence-corrected chi connectivity index (χ2v) is 5.95. The van der Waals surface area contributed by atoms with E-state index >= 15 is 0 Å². The highest BCUT2D eigenvalue weighted by molar-refractivity contribution is 6.31. The van der Waals surface area contributed by atoms with Crippen molar-refractivity contribution in [2.45, 2.75) is 51.6 Å². The maximum Gasteiger partial charge on any atom is 0.164 e. The predicted molar refractivity (Wildman–Crippen MR) is 80.0 cm³/mol. The molecule has 0 N–H and O–H groups in total. The highest BCUT2D eigenvalue weighted by Gasteiger charge is 2.42. The van der Waals surface area contributed by atoms with Crippen molar-refractivity contribution in [2.24, 2.45) is 0 Å². The first kappa shape index (κ1) is 15.8. The van der Waals surface area contributed by atoms with Gasteiger partial charge in [-0.15, -0.1) is 0 Å². The van der Waals surface area contributed by atoms with Crippen LogP contribution < -0.4 is 0 Å². The summed E-state index contributed by atoms with van der Waals surface area (Å²) in [7, 11) is 0. The Morgan fingerprint density at radius 3 is 2.70 bits per heavy atom. The molecule has 0 aliphatic carbocycles. The van der Waals surface area contributed by atoms with Crippen LogP contribution in [0, 0.1) is 0 Å². The molecule has 3 nitrogen and oxygen atoms in total. The summed E-state index contributed by atoms with van der Waals surface area (Å²) in [5.74, 6) is -0.609. The van der Waals surface area contributed by atoms with Gasteiger partial charge in [-0.1, -0.05) is 43.1 Å². The zero-order valence-electron chi connectivity index (χ0n) is 12.4. The normalized spacial score (nSPS) is 25.0. The highest BCUT2D eigenvalue weighted by Crippen LogP contribution is 2.40. The van der Waals surface area contributed by atoms with Crippen LogP contribution in [0.5, 0.6) is 0 Å². The minimum absolute atomic E-state index is 0.123. The van der Waals surface area contributed by atoms with Gasteiger partial charge in [0.15, 0.2) is 5.79 Å². The quantitative estimate of drug-likeness (QED) is 0.731. The second-order valence-electron chi connectivity index (χ2n) is 5.54. The molecule has 20 heavy (non-hydrogen) atoms. The van der Waals surface area contributed by atoms with Crippen molar-refractivity contribution in [3.8, 4) is 0 Å². The van der Waals surface area contributed by atoms with Crippen LogP contribution >= 0.6 is 11.6 Å². The average molecular weight is 299 g/mol. The zero-order valence-corrected chi connectivity index (χ0v) is 13.2. The summed E-state index contributed by atoms with van der Waals surface area (Å²) in [6.07, 6.45) is 1.89. The molecule has 0 amide bonds. The van der Waals surface area contributed by atoms with Gasteiger partial charge in [0.05, 0.1) is 6.61 Å². The van der Waals surface area contributed by atoms with E-state index in [4.69, 9.17) is 25.8 Å². The van der Waals surface area contributed by atoms with Crippen LogP contribution in [0.1, 0.15) is 45.3 Å². The minimum Gasteiger partial charge on any atom is -0.379 e. The van der Waals surface area contributed by atoms with Crippen molar-refractivity contribution >= 4 is 11.6 Å². The molecule has 0 aromatic heterocycles. The maximum absolute atomic E-state index is 6.27. The molecule has 4 heteroatoms. The third-order valence-corrected chi connectivity index (χ3v) is 3.66. The molecule has 0 radical (unpaired) electrons. The lowest BCUT2D eigenvalue weighted by Crippen LogP contribution is -2.24. The van der Waals surface area contributed by atoms with E-state index in [1.54, 1.807) is 0 Å². The smallest absolute Gasteiger partial charge is 0.164 e. The fourth-order valence-electron chi connectivity index (χ4n) is 2.37. The lowest BCUT2D eigenvalue weighted by molar-refractivity contribution is -0.151. The van der Waals surface area contributed by atoms with Crippen LogP contribution in [-0.4, -0.2) is 25.1 Å². The van der Waals surface area contributed by atoms with E-state index in [-0.39, 0.29) is 12.2 Å². The number of benzene rings is 1. The van der Waals surface area contributed by atoms with Gasteiger partial charge < -0.3 is 14.2 Å². The van der Waals surface area contributed by atoms with Gasteiger partial charge >= 0.3 is 0 Å². The van der Waals surface area contributed by atoms with Crippen molar-refractivity contribution in [3.05, 3.63) is 34.9 Å². The van der Waals surface area contributed by atoms with E-state index in [2.05, 4.69) is 6.92 Å². The van der Waals surface area contributed by atoms with Gasteiger partial charge in [0.1, 0.15) is 12.2 Å². The van der Waals surface area contributed by atoms with Crippen molar-refractivity contribution in [3.63, 3.8) is 0 Å². The molecule has 112 valence electrons. The molecule has 0 saturated carbocycles. The predicted octanol–water partition coefficient (Wildman–Crippen LogP) is 4.35. The molecule has 1 aliphatic heterocycles. The summed E-state index contributed by atoms with van der Waals surface area (Å²) in [4.78, 5) is 0. The van der Waals surface area contributed by atoms with Crippen molar-refractivity contribution in [2.75, 3.05) is 13.2 Å². The Balaban J connectivity index is 2.06. The molecule has 1 fully saturated rings. The van der Waals surface area contributed by atoms with Crippen molar-refractivity contribution < 1.29 is 14.2 Å². The Kier molecular flexibility index (Phi) is 5.44. The summed E-state index contributed by atoms with van der Waals surface area (Å²) in [5, 5.41) is 0.706. The number of unbranched alkanes of at least 4 members (excludes halogenated alkanes) is 1. The van der Waals surface area contributed by atoms with Gasteiger partial charge in [-0.25, -0.2) is 0 Å². The fraction of sp³-hybridized carbons (Fsp3) is 0.625. The lowest BCUT2D eigenvalue weighted by atomic mass is 10.1. The van der Waals surface area contributed by atoms with E-state index in [0.717, 1.165) is 25.0 Å². The van der Waals surface area contributed by atoms with E-state index in [0.29, 0.717) is 11.6 Å². The van der Waals surface area contributed by atoms with E-state index in [1.807, 2.05) is 38.1 Å². The van der Waals surface area contributed by atoms with Gasteiger partial charge in [-0.05, 0) is 26.3 Å². The van der Waals surface area contributed by atoms with Crippen LogP contribution in [-0.2, 0) is 14.2 Å². The molecule has 1 aromatic carbocycles. The molecule has 1 aliphatic rings. The molecule has 1 saturated heterocycles. The van der Waals surface area contributed by atoms with Crippen LogP contribution in [0.4, 0.5) is 0 Å². The SMILES string of the molecule is CCCCOC[C@H]1OC(C)(C)O[C@H]1c1ccccc1Cl. The molecule has 2 rings (SSSR count). The average Bonchev–Trinajstić information content (AvgIpc) is 2.70. The molecule has 1 aromatic rings. The topological polar surface area (TPSA) is 27.7 Å². The summed E-state index contributed by atoms with van der Waals surface area (Å²) in [5.41, 5.74) is 0.962. The lowest BCUT2D eigenvalue weighted by Gasteiger charge is -2.18.